The number of rotatable bonds is 37. The number of nitrogens with two attached hydrogens (primary N) is 2. The quantitative estimate of drug-likeness (QED) is 0.00263. The maximum absolute atomic E-state index is 12.9. The standard InChI is InChI=1S/C38H42Cl2IN3O5.C22H25IN2O2.C15H17Cl2NO5.CH5BIN.CH4/c1-25(2)21-28(22-32(45)24-43-38(49)33-23-29(39)13-18-34(33)40)37(48)42-20-6-4-3-5-7-36(47)44-31-16-11-27(12-17-31)35(46)19-10-26-8-14-30(41)15-9-26;23-19-11-6-17(7-12-19)8-15-21(26)18-9-13-20(14-10-18)25-22(27)5-3-1-2-4-16-24;1-8(2)5-12(15(21)22)23-13(19)7-18-14(20)10-6-9(16)3-4-11(10)17;2-3-1-4;/h8-19,23,25,28H,3-7,20-22,24H2,1-2H3,(H,42,48)(H,43,49)(H,44,47);6-15H,1-5,16,24H2,(H,25,27);3-4,6,8,12H,5,7H2,1-2H3,(H,18,20)(H,21,22);3H,1,4H2;1H4/b19-10+;15-8+;;;/t28-;;12-;;/m1.0../s1/i;;;3T;. The number of esters is 1. The summed E-state index contributed by atoms with van der Waals surface area (Å²) in [7, 11) is 0. The first-order valence-electron chi connectivity index (χ1n) is 33.6. The molecule has 19 nitrogen and oxygen atoms in total. The van der Waals surface area contributed by atoms with Gasteiger partial charge < -0.3 is 42.2 Å². The zero-order chi connectivity index (χ0) is 77.1. The van der Waals surface area contributed by atoms with E-state index in [9.17, 15) is 47.9 Å². The number of carbonyl (C=O) groups excluding carboxylic acids is 9. The summed E-state index contributed by atoms with van der Waals surface area (Å²) in [5.74, 6) is -4.13. The van der Waals surface area contributed by atoms with E-state index in [1.54, 1.807) is 72.8 Å². The number of carbonyl (C=O) groups is 10. The Morgan fingerprint density at radius 3 is 1.38 bits per heavy atom. The molecule has 0 aliphatic carbocycles. The van der Waals surface area contributed by atoms with Gasteiger partial charge in [-0.15, -0.1) is 0 Å². The molecule has 10 N–H and O–H groups in total. The number of benzene rings is 6. The predicted octanol–water partition coefficient (Wildman–Crippen LogP) is 16.7. The molecule has 560 valence electrons. The summed E-state index contributed by atoms with van der Waals surface area (Å²) in [6, 6.07) is 38.5. The molecule has 27 heteroatoms. The normalized spacial score (nSPS) is 11.5. The second kappa shape index (κ2) is 53.2. The van der Waals surface area contributed by atoms with Gasteiger partial charge in [0.2, 0.25) is 17.7 Å². The Morgan fingerprint density at radius 1 is 0.567 bits per heavy atom. The number of hydrogen-bond acceptors (Lipinski definition) is 13. The van der Waals surface area contributed by atoms with Crippen LogP contribution in [0.1, 0.15) is 171 Å². The van der Waals surface area contributed by atoms with Gasteiger partial charge in [-0.1, -0.05) is 144 Å². The van der Waals surface area contributed by atoms with Gasteiger partial charge in [-0.25, -0.2) is 4.79 Å². The zero-order valence-electron chi connectivity index (χ0n) is 58.9. The number of alkyl halides is 1. The first-order valence-corrected chi connectivity index (χ1v) is 39.7. The molecule has 0 fully saturated rings. The van der Waals surface area contributed by atoms with Gasteiger partial charge in [0.05, 0.1) is 27.7 Å². The first-order chi connectivity index (χ1) is 49.5. The van der Waals surface area contributed by atoms with Crippen molar-refractivity contribution in [1.82, 2.24) is 16.0 Å². The van der Waals surface area contributed by atoms with Gasteiger partial charge in [-0.2, -0.15) is 0 Å². The Labute approximate surface area is 670 Å². The van der Waals surface area contributed by atoms with Gasteiger partial charge in [-0.05, 0) is 235 Å². The molecule has 2 radical (unpaired) electrons. The number of hydrogen-bond donors (Lipinski definition) is 8. The molecule has 0 bridgehead atoms. The Kier molecular flexibility index (Phi) is 46.9. The fraction of sp³-hybridized carbons (Fsp3) is 0.351. The van der Waals surface area contributed by atoms with Crippen LogP contribution in [0.25, 0.3) is 12.2 Å². The molecule has 0 spiro atoms. The summed E-state index contributed by atoms with van der Waals surface area (Å²) in [5.41, 5.74) is 20.1. The van der Waals surface area contributed by atoms with Crippen molar-refractivity contribution in [3.8, 4) is 0 Å². The molecule has 2 atom stereocenters. The molecule has 6 rings (SSSR count). The number of ether oxygens (including phenoxy) is 1. The maximum atomic E-state index is 12.9. The number of carboxylic acid groups (broad SMARTS) is 1. The molecule has 0 aromatic heterocycles. The van der Waals surface area contributed by atoms with Gasteiger partial charge in [0.15, 0.2) is 23.5 Å². The molecule has 0 aliphatic heterocycles. The van der Waals surface area contributed by atoms with Gasteiger partial charge in [0, 0.05) is 71.4 Å². The summed E-state index contributed by atoms with van der Waals surface area (Å²) < 4.78 is 14.2. The van der Waals surface area contributed by atoms with Crippen LogP contribution in [0.2, 0.25) is 20.1 Å². The molecule has 0 saturated heterocycles. The Bertz CT molecular complexity index is 3820. The number of nitrogens with one attached hydrogen (secondary N) is 5. The molecule has 6 aromatic carbocycles. The van der Waals surface area contributed by atoms with Crippen LogP contribution in [0, 0.1) is 24.9 Å². The average molecular weight is 1840 g/mol. The molecule has 0 heterocycles. The fourth-order valence-electron chi connectivity index (χ4n) is 9.36. The molecule has 0 saturated carbocycles. The number of Topliss-reactive ketones (excluding diaryl/α,β-unsaturated/α-hetero) is 1. The van der Waals surface area contributed by atoms with E-state index in [1.165, 1.54) is 36.4 Å². The predicted molar refractivity (Wildman–Crippen MR) is 448 cm³/mol. The number of ketones is 3. The molecule has 5 amide bonds. The number of amides is 5. The van der Waals surface area contributed by atoms with Crippen LogP contribution in [0.15, 0.2) is 146 Å². The van der Waals surface area contributed by atoms with Crippen LogP contribution in [0.5, 0.6) is 0 Å². The Morgan fingerprint density at radius 2 is 0.981 bits per heavy atom. The van der Waals surface area contributed by atoms with E-state index in [0.717, 1.165) is 63.2 Å². The summed E-state index contributed by atoms with van der Waals surface area (Å²) in [6.07, 6.45) is 14.2. The van der Waals surface area contributed by atoms with Crippen LogP contribution in [-0.2, 0) is 33.5 Å². The summed E-state index contributed by atoms with van der Waals surface area (Å²) in [4.78, 5) is 122. The molecule has 104 heavy (non-hydrogen) atoms. The second-order valence-corrected chi connectivity index (χ2v) is 30.0. The van der Waals surface area contributed by atoms with Crippen molar-refractivity contribution < 1.29 is 57.8 Å². The molecule has 0 unspecified atom stereocenters. The van der Waals surface area contributed by atoms with E-state index < -0.39 is 63.1 Å². The van der Waals surface area contributed by atoms with E-state index in [1.807, 2.05) is 76.2 Å². The zero-order valence-corrected chi connectivity index (χ0v) is 67.4. The first kappa shape index (κ1) is 91.6. The van der Waals surface area contributed by atoms with E-state index in [-0.39, 0.29) is 94.9 Å². The van der Waals surface area contributed by atoms with Crippen molar-refractivity contribution in [2.75, 3.05) is 41.4 Å². The number of unbranched alkanes of at least 4 members (excludes halogenated alkanes) is 6. The second-order valence-electron chi connectivity index (χ2n) is 24.1. The minimum atomic E-state index is -1.75. The van der Waals surface area contributed by atoms with Crippen LogP contribution in [-0.4, -0.2) is 107 Å². The van der Waals surface area contributed by atoms with Crippen LogP contribution < -0.4 is 38.1 Å². The van der Waals surface area contributed by atoms with Gasteiger partial charge in [0.1, 0.15) is 6.54 Å². The van der Waals surface area contributed by atoms with E-state index in [2.05, 4.69) is 71.8 Å². The van der Waals surface area contributed by atoms with E-state index >= 15 is 0 Å². The van der Waals surface area contributed by atoms with Gasteiger partial charge in [0.25, 0.3) is 11.8 Å². The average Bonchev–Trinajstić information content (AvgIpc) is 0.876. The SMILES string of the molecule is C.CC(C)C[C@H](CC(=O)CNC(=O)c1cc(Cl)ccc1Cl)C(=O)NCCCCCCC(=O)Nc1ccc(C(=O)/C=C/c2ccc(I)cc2)cc1.CC(C)C[C@H](OC(=O)CNC(=O)c1cc(Cl)ccc1Cl)C(=O)O.NCCCCCCC(=O)Nc1ccc(C(=O)/C=C/c2ccc(I)cc2)cc1.[3H]I([B])CN. The molecule has 6 aromatic rings. The third kappa shape index (κ3) is 40.2. The Balaban J connectivity index is 0.000000562. The van der Waals surface area contributed by atoms with Crippen LogP contribution in [0.4, 0.5) is 11.4 Å². The van der Waals surface area contributed by atoms with Gasteiger partial charge in [-0.3, -0.25) is 43.2 Å². The number of halogens is 7. The fourth-order valence-corrected chi connectivity index (χ4v) is 10.8. The number of anilines is 2. The summed E-state index contributed by atoms with van der Waals surface area (Å²) in [6.45, 7) is 8.11. The van der Waals surface area contributed by atoms with Crippen molar-refractivity contribution in [3.05, 3.63) is 206 Å². The monoisotopic (exact) mass is 1840 g/mol. The number of allylic oxidation sites excluding steroid dienone is 2. The van der Waals surface area contributed by atoms with Gasteiger partial charge >= 0.3 is 49.3 Å². The van der Waals surface area contributed by atoms with Crippen molar-refractivity contribution in [2.24, 2.45) is 29.2 Å². The third-order valence-electron chi connectivity index (χ3n) is 14.6. The third-order valence-corrected chi connectivity index (χ3v) is 17.7. The summed E-state index contributed by atoms with van der Waals surface area (Å²) >= 11 is 26.4. The van der Waals surface area contributed by atoms with Crippen molar-refractivity contribution in [3.63, 3.8) is 0 Å². The molecule has 0 aliphatic rings. The minimum absolute atomic E-state index is 0. The number of aliphatic carboxylic acids is 1. The van der Waals surface area contributed by atoms with E-state index in [0.29, 0.717) is 75.9 Å². The van der Waals surface area contributed by atoms with Crippen molar-refractivity contribution >= 4 is 200 Å². The number of carboxylic acids is 1. The Hall–Kier alpha value is -6.57. The van der Waals surface area contributed by atoms with Crippen LogP contribution in [0.3, 0.4) is 0 Å². The van der Waals surface area contributed by atoms with E-state index in [4.69, 9.17) is 74.0 Å². The summed E-state index contributed by atoms with van der Waals surface area (Å²) in [5, 5.41) is 23.7. The van der Waals surface area contributed by atoms with Crippen molar-refractivity contribution in [1.29, 1.82) is 0.594 Å². The van der Waals surface area contributed by atoms with Crippen molar-refractivity contribution in [2.45, 2.75) is 125 Å². The molecular formula is C77H93BCl4I3N7O12. The topological polar surface area (TPSA) is 312 Å². The van der Waals surface area contributed by atoms with Crippen LogP contribution >= 0.6 is 112 Å². The molecular weight excluding hydrogens is 1750 g/mol.